The van der Waals surface area contributed by atoms with E-state index in [2.05, 4.69) is 0 Å². The van der Waals surface area contributed by atoms with Crippen LogP contribution in [0.2, 0.25) is 0 Å². The second-order valence-corrected chi connectivity index (χ2v) is 8.37. The minimum atomic E-state index is -3.51. The molecule has 0 aliphatic carbocycles. The average molecular weight is 396 g/mol. The molecule has 0 bridgehead atoms. The molecule has 1 aliphatic heterocycles. The van der Waals surface area contributed by atoms with Crippen molar-refractivity contribution in [1.82, 2.24) is 4.31 Å². The monoisotopic (exact) mass is 395 g/mol. The quantitative estimate of drug-likeness (QED) is 0.809. The van der Waals surface area contributed by atoms with Gasteiger partial charge in [0.2, 0.25) is 10.0 Å². The zero-order valence-electron chi connectivity index (χ0n) is 14.7. The number of benzene rings is 2. The highest BCUT2D eigenvalue weighted by atomic mass is 35.5. The second kappa shape index (κ2) is 7.65. The predicted molar refractivity (Wildman–Crippen MR) is 105 cm³/mol. The first kappa shape index (κ1) is 20.2. The number of hydrogen-bond acceptors (Lipinski definition) is 4. The Bertz CT molecular complexity index is 912. The summed E-state index contributed by atoms with van der Waals surface area (Å²) in [4.78, 5) is 14.8. The van der Waals surface area contributed by atoms with Crippen molar-refractivity contribution in [2.24, 2.45) is 0 Å². The molecule has 2 aromatic rings. The van der Waals surface area contributed by atoms with E-state index in [-0.39, 0.29) is 23.2 Å². The van der Waals surface area contributed by atoms with Crippen LogP contribution in [0, 0.1) is 0 Å². The minimum absolute atomic E-state index is 0. The van der Waals surface area contributed by atoms with Gasteiger partial charge in [-0.2, -0.15) is 0 Å². The predicted octanol–water partition coefficient (Wildman–Crippen LogP) is 2.53. The summed E-state index contributed by atoms with van der Waals surface area (Å²) in [5.74, 6) is -0.152. The number of anilines is 2. The van der Waals surface area contributed by atoms with E-state index in [1.54, 1.807) is 17.0 Å². The fourth-order valence-electron chi connectivity index (χ4n) is 3.00. The molecule has 0 spiro atoms. The van der Waals surface area contributed by atoms with E-state index in [9.17, 15) is 13.2 Å². The van der Waals surface area contributed by atoms with Crippen molar-refractivity contribution >= 4 is 39.7 Å². The van der Waals surface area contributed by atoms with E-state index < -0.39 is 10.0 Å². The highest BCUT2D eigenvalue weighted by molar-refractivity contribution is 7.89. The Morgan fingerprint density at radius 2 is 1.77 bits per heavy atom. The Labute approximate surface area is 160 Å². The third kappa shape index (κ3) is 3.56. The number of nitrogens with two attached hydrogens (primary N) is 1. The third-order valence-electron chi connectivity index (χ3n) is 4.41. The molecule has 0 saturated carbocycles. The van der Waals surface area contributed by atoms with Gasteiger partial charge in [-0.05, 0) is 54.8 Å². The number of rotatable bonds is 3. The zero-order valence-corrected chi connectivity index (χ0v) is 16.3. The molecule has 2 N–H and O–H groups in total. The van der Waals surface area contributed by atoms with Crippen molar-refractivity contribution in [3.63, 3.8) is 0 Å². The molecule has 140 valence electrons. The van der Waals surface area contributed by atoms with Crippen LogP contribution in [-0.4, -0.2) is 39.3 Å². The van der Waals surface area contributed by atoms with Gasteiger partial charge < -0.3 is 10.6 Å². The lowest BCUT2D eigenvalue weighted by Gasteiger charge is -2.30. The molecular weight excluding hydrogens is 374 g/mol. The maximum atomic E-state index is 12.9. The van der Waals surface area contributed by atoms with Crippen LogP contribution < -0.4 is 10.6 Å². The Morgan fingerprint density at radius 1 is 1.12 bits per heavy atom. The van der Waals surface area contributed by atoms with Crippen LogP contribution in [0.25, 0.3) is 0 Å². The number of amides is 1. The van der Waals surface area contributed by atoms with Gasteiger partial charge in [-0.25, -0.2) is 12.7 Å². The highest BCUT2D eigenvalue weighted by Crippen LogP contribution is 2.32. The van der Waals surface area contributed by atoms with Crippen LogP contribution in [0.4, 0.5) is 11.4 Å². The molecule has 1 amide bonds. The maximum Gasteiger partial charge on any atom is 0.258 e. The molecule has 0 radical (unpaired) electrons. The smallest absolute Gasteiger partial charge is 0.258 e. The topological polar surface area (TPSA) is 83.7 Å². The Morgan fingerprint density at radius 3 is 2.38 bits per heavy atom. The van der Waals surface area contributed by atoms with Gasteiger partial charge in [0, 0.05) is 37.6 Å². The Balaban J connectivity index is 0.00000243. The van der Waals surface area contributed by atoms with Crippen LogP contribution in [0.15, 0.2) is 47.4 Å². The first-order chi connectivity index (χ1) is 11.8. The van der Waals surface area contributed by atoms with Gasteiger partial charge >= 0.3 is 0 Å². The van der Waals surface area contributed by atoms with Gasteiger partial charge in [0.25, 0.3) is 5.91 Å². The van der Waals surface area contributed by atoms with Gasteiger partial charge in [0.15, 0.2) is 0 Å². The van der Waals surface area contributed by atoms with Crippen LogP contribution in [0.1, 0.15) is 22.3 Å². The molecule has 3 rings (SSSR count). The number of halogens is 1. The summed E-state index contributed by atoms with van der Waals surface area (Å²) in [6.45, 7) is 0.618. The van der Waals surface area contributed by atoms with E-state index in [4.69, 9.17) is 5.73 Å². The number of nitrogens with zero attached hydrogens (tertiary/aromatic N) is 2. The molecule has 1 heterocycles. The Kier molecular flexibility index (Phi) is 5.95. The van der Waals surface area contributed by atoms with E-state index in [1.807, 2.05) is 18.2 Å². The molecular formula is C18H22ClN3O3S. The lowest BCUT2D eigenvalue weighted by Crippen LogP contribution is -2.35. The summed E-state index contributed by atoms with van der Waals surface area (Å²) in [5, 5.41) is 0. The number of sulfonamides is 1. The summed E-state index contributed by atoms with van der Waals surface area (Å²) in [7, 11) is -0.555. The molecule has 2 aromatic carbocycles. The summed E-state index contributed by atoms with van der Waals surface area (Å²) in [6, 6.07) is 11.6. The molecule has 0 saturated heterocycles. The van der Waals surface area contributed by atoms with Crippen molar-refractivity contribution < 1.29 is 13.2 Å². The first-order valence-corrected chi connectivity index (χ1v) is 9.48. The van der Waals surface area contributed by atoms with Gasteiger partial charge in [0.1, 0.15) is 0 Å². The highest BCUT2D eigenvalue weighted by Gasteiger charge is 2.25. The fourth-order valence-corrected chi connectivity index (χ4v) is 3.90. The molecule has 6 nitrogen and oxygen atoms in total. The van der Waals surface area contributed by atoms with Crippen LogP contribution in [-0.2, 0) is 16.4 Å². The van der Waals surface area contributed by atoms with E-state index in [0.717, 1.165) is 28.4 Å². The standard InChI is InChI=1S/C18H21N3O3S.ClH/c1-20(2)25(23,24)14-10-8-13(9-11-14)18(22)21-12-4-5-15-16(19)6-3-7-17(15)21;/h3,6-11H,4-5,12,19H2,1-2H3;1H. The van der Waals surface area contributed by atoms with Crippen molar-refractivity contribution in [3.8, 4) is 0 Å². The summed E-state index contributed by atoms with van der Waals surface area (Å²) in [5.41, 5.74) is 9.01. The number of nitrogen functional groups attached to an aromatic ring is 1. The minimum Gasteiger partial charge on any atom is -0.398 e. The number of carbonyl (C=O) groups is 1. The SMILES string of the molecule is CN(C)S(=O)(=O)c1ccc(C(=O)N2CCCc3c(N)cccc32)cc1.Cl. The number of fused-ring (bicyclic) bond motifs is 1. The van der Waals surface area contributed by atoms with Crippen molar-refractivity contribution in [3.05, 3.63) is 53.6 Å². The van der Waals surface area contributed by atoms with Crippen molar-refractivity contribution in [2.75, 3.05) is 31.3 Å². The zero-order chi connectivity index (χ0) is 18.2. The lowest BCUT2D eigenvalue weighted by atomic mass is 9.99. The number of carbonyl (C=O) groups excluding carboxylic acids is 1. The first-order valence-electron chi connectivity index (χ1n) is 8.04. The van der Waals surface area contributed by atoms with Gasteiger partial charge in [-0.1, -0.05) is 6.07 Å². The molecule has 0 fully saturated rings. The molecule has 1 aliphatic rings. The second-order valence-electron chi connectivity index (χ2n) is 6.22. The third-order valence-corrected chi connectivity index (χ3v) is 6.24. The molecule has 0 aromatic heterocycles. The van der Waals surface area contributed by atoms with E-state index in [0.29, 0.717) is 17.8 Å². The molecule has 26 heavy (non-hydrogen) atoms. The maximum absolute atomic E-state index is 12.9. The van der Waals surface area contributed by atoms with Gasteiger partial charge in [-0.15, -0.1) is 12.4 Å². The van der Waals surface area contributed by atoms with Crippen LogP contribution in [0.3, 0.4) is 0 Å². The summed E-state index contributed by atoms with van der Waals surface area (Å²) in [6.07, 6.45) is 1.70. The summed E-state index contributed by atoms with van der Waals surface area (Å²) < 4.78 is 25.4. The fraction of sp³-hybridized carbons (Fsp3) is 0.278. The number of hydrogen-bond donors (Lipinski definition) is 1. The average Bonchev–Trinajstić information content (AvgIpc) is 2.61. The van der Waals surface area contributed by atoms with Crippen LogP contribution >= 0.6 is 12.4 Å². The van der Waals surface area contributed by atoms with E-state index in [1.165, 1.54) is 26.2 Å². The molecule has 8 heteroatoms. The van der Waals surface area contributed by atoms with Crippen LogP contribution in [0.5, 0.6) is 0 Å². The summed E-state index contributed by atoms with van der Waals surface area (Å²) >= 11 is 0. The van der Waals surface area contributed by atoms with Gasteiger partial charge in [-0.3, -0.25) is 4.79 Å². The van der Waals surface area contributed by atoms with E-state index >= 15 is 0 Å². The Hall–Kier alpha value is -2.09. The van der Waals surface area contributed by atoms with Crippen molar-refractivity contribution in [2.45, 2.75) is 17.7 Å². The van der Waals surface area contributed by atoms with Gasteiger partial charge in [0.05, 0.1) is 4.90 Å². The molecule has 0 atom stereocenters. The largest absolute Gasteiger partial charge is 0.398 e. The lowest BCUT2D eigenvalue weighted by molar-refractivity contribution is 0.0985. The normalized spacial score (nSPS) is 13.9. The van der Waals surface area contributed by atoms with Crippen molar-refractivity contribution in [1.29, 1.82) is 0 Å². The molecule has 0 unspecified atom stereocenters.